The number of hydrazine groups is 1. The standard InChI is InChI=1S/C17H21N3O3S/c1-20(2)19-16(22)14-11-7-4-3-5-9-13(11)24-17(14)18-15(21)12-8-6-10-23-12/h6,8,10H,3-5,7,9H2,1-2H3,(H,18,21)(H,19,22). The molecule has 0 aliphatic heterocycles. The lowest BCUT2D eigenvalue weighted by molar-refractivity contribution is 0.0857. The summed E-state index contributed by atoms with van der Waals surface area (Å²) in [7, 11) is 3.54. The number of carbonyl (C=O) groups is 2. The Bertz CT molecular complexity index is 735. The summed E-state index contributed by atoms with van der Waals surface area (Å²) in [5, 5.41) is 5.06. The number of aryl methyl sites for hydroxylation is 1. The van der Waals surface area contributed by atoms with E-state index in [9.17, 15) is 9.59 Å². The third-order valence-electron chi connectivity index (χ3n) is 3.95. The van der Waals surface area contributed by atoms with Crippen molar-refractivity contribution in [3.8, 4) is 0 Å². The Hall–Kier alpha value is -2.12. The van der Waals surface area contributed by atoms with Crippen LogP contribution in [0.2, 0.25) is 0 Å². The lowest BCUT2D eigenvalue weighted by Gasteiger charge is -2.14. The molecule has 6 nitrogen and oxygen atoms in total. The maximum Gasteiger partial charge on any atom is 0.291 e. The molecule has 0 aromatic carbocycles. The minimum atomic E-state index is -0.338. The first-order valence-electron chi connectivity index (χ1n) is 8.04. The van der Waals surface area contributed by atoms with Crippen LogP contribution in [0, 0.1) is 0 Å². The molecule has 1 aliphatic rings. The smallest absolute Gasteiger partial charge is 0.291 e. The van der Waals surface area contributed by atoms with E-state index >= 15 is 0 Å². The van der Waals surface area contributed by atoms with Gasteiger partial charge in [0.15, 0.2) is 5.76 Å². The van der Waals surface area contributed by atoms with Gasteiger partial charge in [-0.25, -0.2) is 5.01 Å². The molecule has 2 amide bonds. The number of rotatable bonds is 4. The van der Waals surface area contributed by atoms with E-state index in [4.69, 9.17) is 4.42 Å². The van der Waals surface area contributed by atoms with Crippen molar-refractivity contribution in [1.82, 2.24) is 10.4 Å². The highest BCUT2D eigenvalue weighted by molar-refractivity contribution is 7.17. The van der Waals surface area contributed by atoms with Crippen LogP contribution in [0.1, 0.15) is 50.6 Å². The van der Waals surface area contributed by atoms with Crippen molar-refractivity contribution >= 4 is 28.2 Å². The SMILES string of the molecule is CN(C)NC(=O)c1c(NC(=O)c2ccco2)sc2c1CCCCC2. The van der Waals surface area contributed by atoms with Crippen LogP contribution in [0.3, 0.4) is 0 Å². The van der Waals surface area contributed by atoms with E-state index in [0.717, 1.165) is 31.2 Å². The second kappa shape index (κ2) is 7.19. The summed E-state index contributed by atoms with van der Waals surface area (Å²) in [4.78, 5) is 26.2. The molecule has 2 heterocycles. The Morgan fingerprint density at radius 3 is 2.67 bits per heavy atom. The molecular weight excluding hydrogens is 326 g/mol. The molecule has 0 atom stereocenters. The van der Waals surface area contributed by atoms with Crippen LogP contribution in [-0.2, 0) is 12.8 Å². The van der Waals surface area contributed by atoms with Gasteiger partial charge in [0.05, 0.1) is 11.8 Å². The molecular formula is C17H21N3O3S. The molecule has 0 fully saturated rings. The van der Waals surface area contributed by atoms with Crippen molar-refractivity contribution < 1.29 is 14.0 Å². The van der Waals surface area contributed by atoms with Gasteiger partial charge in [-0.05, 0) is 43.4 Å². The fourth-order valence-corrected chi connectivity index (χ4v) is 4.18. The normalized spacial score (nSPS) is 14.1. The van der Waals surface area contributed by atoms with Gasteiger partial charge in [-0.1, -0.05) is 6.42 Å². The highest BCUT2D eigenvalue weighted by Crippen LogP contribution is 2.37. The van der Waals surface area contributed by atoms with Gasteiger partial charge >= 0.3 is 0 Å². The Balaban J connectivity index is 1.95. The van der Waals surface area contributed by atoms with E-state index < -0.39 is 0 Å². The zero-order valence-electron chi connectivity index (χ0n) is 13.8. The average molecular weight is 347 g/mol. The molecule has 0 spiro atoms. The van der Waals surface area contributed by atoms with Crippen molar-refractivity contribution in [2.24, 2.45) is 0 Å². The largest absolute Gasteiger partial charge is 0.459 e. The van der Waals surface area contributed by atoms with Gasteiger partial charge in [0.1, 0.15) is 5.00 Å². The van der Waals surface area contributed by atoms with Crippen LogP contribution >= 0.6 is 11.3 Å². The number of anilines is 1. The molecule has 24 heavy (non-hydrogen) atoms. The van der Waals surface area contributed by atoms with E-state index in [1.165, 1.54) is 28.9 Å². The van der Waals surface area contributed by atoms with Crippen LogP contribution in [0.4, 0.5) is 5.00 Å². The van der Waals surface area contributed by atoms with Gasteiger partial charge in [0.2, 0.25) is 0 Å². The zero-order chi connectivity index (χ0) is 17.1. The van der Waals surface area contributed by atoms with Crippen LogP contribution < -0.4 is 10.7 Å². The minimum absolute atomic E-state index is 0.186. The number of thiophene rings is 1. The molecule has 0 saturated carbocycles. The van der Waals surface area contributed by atoms with Gasteiger partial charge in [0.25, 0.3) is 11.8 Å². The summed E-state index contributed by atoms with van der Waals surface area (Å²) in [6.45, 7) is 0. The van der Waals surface area contributed by atoms with Crippen molar-refractivity contribution in [1.29, 1.82) is 0 Å². The molecule has 3 rings (SSSR count). The number of hydrogen-bond donors (Lipinski definition) is 2. The third-order valence-corrected chi connectivity index (χ3v) is 5.15. The predicted octanol–water partition coefficient (Wildman–Crippen LogP) is 3.07. The van der Waals surface area contributed by atoms with Crippen molar-refractivity contribution in [2.45, 2.75) is 32.1 Å². The van der Waals surface area contributed by atoms with Gasteiger partial charge in [0, 0.05) is 19.0 Å². The second-order valence-corrected chi connectivity index (χ2v) is 7.14. The predicted molar refractivity (Wildman–Crippen MR) is 93.4 cm³/mol. The molecule has 2 aromatic heterocycles. The first kappa shape index (κ1) is 16.7. The molecule has 2 N–H and O–H groups in total. The summed E-state index contributed by atoms with van der Waals surface area (Å²) in [5.74, 6) is -0.290. The third kappa shape index (κ3) is 3.52. The molecule has 0 bridgehead atoms. The number of nitrogens with one attached hydrogen (secondary N) is 2. The molecule has 2 aromatic rings. The fraction of sp³-hybridized carbons (Fsp3) is 0.412. The molecule has 7 heteroatoms. The van der Waals surface area contributed by atoms with E-state index in [-0.39, 0.29) is 17.6 Å². The first-order valence-corrected chi connectivity index (χ1v) is 8.85. The molecule has 0 unspecified atom stereocenters. The number of amides is 2. The minimum Gasteiger partial charge on any atom is -0.459 e. The van der Waals surface area contributed by atoms with E-state index in [1.54, 1.807) is 31.2 Å². The quantitative estimate of drug-likeness (QED) is 0.658. The second-order valence-electron chi connectivity index (χ2n) is 6.04. The van der Waals surface area contributed by atoms with Crippen LogP contribution in [0.15, 0.2) is 22.8 Å². The fourth-order valence-electron chi connectivity index (χ4n) is 2.90. The van der Waals surface area contributed by atoms with Crippen LogP contribution in [0.25, 0.3) is 0 Å². The number of fused-ring (bicyclic) bond motifs is 1. The Kier molecular flexibility index (Phi) is 5.01. The van der Waals surface area contributed by atoms with E-state index in [0.29, 0.717) is 10.6 Å². The van der Waals surface area contributed by atoms with Gasteiger partial charge in [-0.2, -0.15) is 0 Å². The summed E-state index contributed by atoms with van der Waals surface area (Å²) in [6.07, 6.45) is 6.64. The Labute approximate surface area is 144 Å². The Morgan fingerprint density at radius 2 is 1.96 bits per heavy atom. The van der Waals surface area contributed by atoms with Crippen LogP contribution in [-0.4, -0.2) is 30.9 Å². The van der Waals surface area contributed by atoms with Crippen molar-refractivity contribution in [2.75, 3.05) is 19.4 Å². The van der Waals surface area contributed by atoms with E-state index in [1.807, 2.05) is 0 Å². The molecule has 1 aliphatic carbocycles. The average Bonchev–Trinajstić information content (AvgIpc) is 3.10. The van der Waals surface area contributed by atoms with E-state index in [2.05, 4.69) is 10.7 Å². The molecule has 0 saturated heterocycles. The lowest BCUT2D eigenvalue weighted by atomic mass is 10.1. The zero-order valence-corrected chi connectivity index (χ0v) is 14.7. The first-order chi connectivity index (χ1) is 11.6. The maximum atomic E-state index is 12.7. The summed E-state index contributed by atoms with van der Waals surface area (Å²) < 4.78 is 5.14. The van der Waals surface area contributed by atoms with Crippen LogP contribution in [0.5, 0.6) is 0 Å². The van der Waals surface area contributed by atoms with Crippen molar-refractivity contribution in [3.05, 3.63) is 40.2 Å². The number of nitrogens with zero attached hydrogens (tertiary/aromatic N) is 1. The highest BCUT2D eigenvalue weighted by atomic mass is 32.1. The van der Waals surface area contributed by atoms with Gasteiger partial charge < -0.3 is 9.73 Å². The summed E-state index contributed by atoms with van der Waals surface area (Å²) in [5.41, 5.74) is 4.45. The molecule has 0 radical (unpaired) electrons. The monoisotopic (exact) mass is 347 g/mol. The Morgan fingerprint density at radius 1 is 1.17 bits per heavy atom. The summed E-state index contributed by atoms with van der Waals surface area (Å²) >= 11 is 1.50. The van der Waals surface area contributed by atoms with Gasteiger partial charge in [-0.3, -0.25) is 15.0 Å². The number of furan rings is 1. The number of hydrogen-bond acceptors (Lipinski definition) is 5. The number of carbonyl (C=O) groups excluding carboxylic acids is 2. The maximum absolute atomic E-state index is 12.7. The molecule has 128 valence electrons. The highest BCUT2D eigenvalue weighted by Gasteiger charge is 2.26. The topological polar surface area (TPSA) is 74.6 Å². The lowest BCUT2D eigenvalue weighted by Crippen LogP contribution is -2.36. The van der Waals surface area contributed by atoms with Crippen molar-refractivity contribution in [3.63, 3.8) is 0 Å². The van der Waals surface area contributed by atoms with Gasteiger partial charge in [-0.15, -0.1) is 11.3 Å². The summed E-state index contributed by atoms with van der Waals surface area (Å²) in [6, 6.07) is 3.27.